The summed E-state index contributed by atoms with van der Waals surface area (Å²) in [6.07, 6.45) is 1.31. The third-order valence-electron chi connectivity index (χ3n) is 4.17. The van der Waals surface area contributed by atoms with Crippen LogP contribution < -0.4 is 15.4 Å². The van der Waals surface area contributed by atoms with E-state index in [0.29, 0.717) is 42.9 Å². The number of carbonyl (C=O) groups excluding carboxylic acids is 1. The second-order valence-electron chi connectivity index (χ2n) is 6.04. The van der Waals surface area contributed by atoms with Gasteiger partial charge in [-0.25, -0.2) is 8.42 Å². The average Bonchev–Trinajstić information content (AvgIpc) is 2.96. The molecule has 0 aliphatic carbocycles. The Morgan fingerprint density at radius 3 is 2.60 bits per heavy atom. The summed E-state index contributed by atoms with van der Waals surface area (Å²) in [4.78, 5) is 12.3. The quantitative estimate of drug-likeness (QED) is 0.796. The number of amides is 1. The van der Waals surface area contributed by atoms with E-state index in [0.717, 1.165) is 5.56 Å². The lowest BCUT2D eigenvalue weighted by atomic mass is 10.1. The molecular weight excluding hydrogens is 338 g/mol. The number of nitrogen functional groups attached to an aromatic ring is 1. The molecule has 0 unspecified atom stereocenters. The second kappa shape index (κ2) is 7.14. The Bertz CT molecular complexity index is 863. The predicted molar refractivity (Wildman–Crippen MR) is 99.1 cm³/mol. The SMILES string of the molecule is Nc1ccc(CCNC(=O)c2cccc(N3CCCS3(=O)=O)c2)cc1. The molecule has 1 heterocycles. The summed E-state index contributed by atoms with van der Waals surface area (Å²) in [5.74, 6) is -0.0562. The number of nitrogens with one attached hydrogen (secondary N) is 1. The van der Waals surface area contributed by atoms with Crippen molar-refractivity contribution in [2.75, 3.05) is 28.9 Å². The molecule has 1 saturated heterocycles. The highest BCUT2D eigenvalue weighted by Gasteiger charge is 2.28. The minimum Gasteiger partial charge on any atom is -0.399 e. The van der Waals surface area contributed by atoms with Crippen LogP contribution in [0.15, 0.2) is 48.5 Å². The molecule has 3 N–H and O–H groups in total. The van der Waals surface area contributed by atoms with Crippen LogP contribution in [0.1, 0.15) is 22.3 Å². The van der Waals surface area contributed by atoms with Crippen molar-refractivity contribution in [2.24, 2.45) is 0 Å². The minimum absolute atomic E-state index is 0.158. The number of nitrogens with zero attached hydrogens (tertiary/aromatic N) is 1. The van der Waals surface area contributed by atoms with Crippen molar-refractivity contribution in [1.29, 1.82) is 0 Å². The Hall–Kier alpha value is -2.54. The van der Waals surface area contributed by atoms with Crippen LogP contribution in [0.4, 0.5) is 11.4 Å². The zero-order chi connectivity index (χ0) is 17.9. The summed E-state index contributed by atoms with van der Waals surface area (Å²) < 4.78 is 25.4. The lowest BCUT2D eigenvalue weighted by Crippen LogP contribution is -2.27. The van der Waals surface area contributed by atoms with Crippen molar-refractivity contribution in [1.82, 2.24) is 5.32 Å². The smallest absolute Gasteiger partial charge is 0.251 e. The molecule has 0 spiro atoms. The molecule has 1 fully saturated rings. The molecular formula is C18H21N3O3S. The summed E-state index contributed by atoms with van der Waals surface area (Å²) in [5, 5.41) is 2.86. The molecule has 0 aromatic heterocycles. The molecule has 0 bridgehead atoms. The molecule has 0 saturated carbocycles. The molecule has 0 atom stereocenters. The molecule has 25 heavy (non-hydrogen) atoms. The van der Waals surface area contributed by atoms with Gasteiger partial charge < -0.3 is 11.1 Å². The van der Waals surface area contributed by atoms with Crippen molar-refractivity contribution in [3.05, 3.63) is 59.7 Å². The first-order valence-corrected chi connectivity index (χ1v) is 9.80. The first-order valence-electron chi connectivity index (χ1n) is 8.19. The fourth-order valence-electron chi connectivity index (χ4n) is 2.84. The third kappa shape index (κ3) is 4.11. The van der Waals surface area contributed by atoms with E-state index >= 15 is 0 Å². The van der Waals surface area contributed by atoms with Crippen LogP contribution in [-0.4, -0.2) is 33.2 Å². The zero-order valence-corrected chi connectivity index (χ0v) is 14.6. The average molecular weight is 359 g/mol. The van der Waals surface area contributed by atoms with E-state index in [1.807, 2.05) is 24.3 Å². The third-order valence-corrected chi connectivity index (χ3v) is 6.04. The lowest BCUT2D eigenvalue weighted by Gasteiger charge is -2.17. The number of nitrogens with two attached hydrogens (primary N) is 1. The second-order valence-corrected chi connectivity index (χ2v) is 8.05. The number of hydrogen-bond acceptors (Lipinski definition) is 4. The van der Waals surface area contributed by atoms with Gasteiger partial charge in [-0.2, -0.15) is 0 Å². The maximum absolute atomic E-state index is 12.3. The Morgan fingerprint density at radius 2 is 1.92 bits per heavy atom. The van der Waals surface area contributed by atoms with E-state index in [9.17, 15) is 13.2 Å². The van der Waals surface area contributed by atoms with Gasteiger partial charge in [-0.15, -0.1) is 0 Å². The molecule has 1 amide bonds. The van der Waals surface area contributed by atoms with Gasteiger partial charge in [0.2, 0.25) is 10.0 Å². The van der Waals surface area contributed by atoms with E-state index in [-0.39, 0.29) is 11.7 Å². The monoisotopic (exact) mass is 359 g/mol. The van der Waals surface area contributed by atoms with Gasteiger partial charge in [0.15, 0.2) is 0 Å². The maximum atomic E-state index is 12.3. The van der Waals surface area contributed by atoms with Crippen LogP contribution in [0, 0.1) is 0 Å². The molecule has 6 nitrogen and oxygen atoms in total. The summed E-state index contributed by atoms with van der Waals surface area (Å²) in [5.41, 5.74) is 8.45. The fraction of sp³-hybridized carbons (Fsp3) is 0.278. The van der Waals surface area contributed by atoms with E-state index in [1.165, 1.54) is 4.31 Å². The molecule has 0 radical (unpaired) electrons. The van der Waals surface area contributed by atoms with Crippen LogP contribution in [0.2, 0.25) is 0 Å². The van der Waals surface area contributed by atoms with E-state index in [2.05, 4.69) is 5.32 Å². The van der Waals surface area contributed by atoms with Crippen LogP contribution in [0.5, 0.6) is 0 Å². The van der Waals surface area contributed by atoms with Gasteiger partial charge in [-0.3, -0.25) is 9.10 Å². The summed E-state index contributed by atoms with van der Waals surface area (Å²) >= 11 is 0. The first kappa shape index (κ1) is 17.3. The van der Waals surface area contributed by atoms with E-state index in [1.54, 1.807) is 24.3 Å². The molecule has 132 valence electrons. The largest absolute Gasteiger partial charge is 0.399 e. The van der Waals surface area contributed by atoms with Crippen molar-refractivity contribution in [3.63, 3.8) is 0 Å². The number of rotatable bonds is 5. The zero-order valence-electron chi connectivity index (χ0n) is 13.8. The van der Waals surface area contributed by atoms with Gasteiger partial charge in [-0.05, 0) is 48.7 Å². The van der Waals surface area contributed by atoms with Gasteiger partial charge in [-0.1, -0.05) is 18.2 Å². The maximum Gasteiger partial charge on any atom is 0.251 e. The normalized spacial score (nSPS) is 15.9. The Balaban J connectivity index is 1.62. The number of anilines is 2. The van der Waals surface area contributed by atoms with Crippen LogP contribution in [-0.2, 0) is 16.4 Å². The van der Waals surface area contributed by atoms with Crippen molar-refractivity contribution in [3.8, 4) is 0 Å². The molecule has 2 aromatic carbocycles. The van der Waals surface area contributed by atoms with E-state index in [4.69, 9.17) is 5.73 Å². The van der Waals surface area contributed by atoms with Gasteiger partial charge in [0.1, 0.15) is 0 Å². The standard InChI is InChI=1S/C18H21N3O3S/c19-16-7-5-14(6-8-16)9-10-20-18(22)15-3-1-4-17(13-15)21-11-2-12-25(21,23)24/h1,3-8,13H,2,9-12,19H2,(H,20,22). The highest BCUT2D eigenvalue weighted by atomic mass is 32.2. The Morgan fingerprint density at radius 1 is 1.16 bits per heavy atom. The topological polar surface area (TPSA) is 92.5 Å². The highest BCUT2D eigenvalue weighted by molar-refractivity contribution is 7.93. The number of sulfonamides is 1. The predicted octanol–water partition coefficient (Wildman–Crippen LogP) is 1.78. The van der Waals surface area contributed by atoms with Crippen LogP contribution in [0.25, 0.3) is 0 Å². The van der Waals surface area contributed by atoms with Crippen molar-refractivity contribution in [2.45, 2.75) is 12.8 Å². The summed E-state index contributed by atoms with van der Waals surface area (Å²) in [6, 6.07) is 14.3. The summed E-state index contributed by atoms with van der Waals surface area (Å²) in [6.45, 7) is 0.958. The molecule has 3 rings (SSSR count). The summed E-state index contributed by atoms with van der Waals surface area (Å²) in [7, 11) is -3.25. The van der Waals surface area contributed by atoms with Crippen LogP contribution in [0.3, 0.4) is 0 Å². The fourth-order valence-corrected chi connectivity index (χ4v) is 4.39. The van der Waals surface area contributed by atoms with Crippen LogP contribution >= 0.6 is 0 Å². The number of benzene rings is 2. The number of hydrogen-bond donors (Lipinski definition) is 2. The Kier molecular flexibility index (Phi) is 4.94. The van der Waals surface area contributed by atoms with Gasteiger partial charge in [0.25, 0.3) is 5.91 Å². The van der Waals surface area contributed by atoms with Gasteiger partial charge in [0.05, 0.1) is 11.4 Å². The molecule has 1 aliphatic heterocycles. The first-order chi connectivity index (χ1) is 12.0. The lowest BCUT2D eigenvalue weighted by molar-refractivity contribution is 0.0954. The van der Waals surface area contributed by atoms with Crippen molar-refractivity contribution >= 4 is 27.3 Å². The molecule has 2 aromatic rings. The highest BCUT2D eigenvalue weighted by Crippen LogP contribution is 2.24. The van der Waals surface area contributed by atoms with Gasteiger partial charge >= 0.3 is 0 Å². The molecule has 1 aliphatic rings. The number of carbonyl (C=O) groups is 1. The Labute approximate surface area is 147 Å². The van der Waals surface area contributed by atoms with E-state index < -0.39 is 10.0 Å². The van der Waals surface area contributed by atoms with Gasteiger partial charge in [0, 0.05) is 24.3 Å². The van der Waals surface area contributed by atoms with Crippen molar-refractivity contribution < 1.29 is 13.2 Å². The molecule has 7 heteroatoms. The minimum atomic E-state index is -3.25.